The highest BCUT2D eigenvalue weighted by atomic mass is 35.5. The second-order valence-electron chi connectivity index (χ2n) is 2.25. The summed E-state index contributed by atoms with van der Waals surface area (Å²) < 4.78 is 37.7. The monoisotopic (exact) mass is 228 g/mol. The maximum absolute atomic E-state index is 13.0. The van der Waals surface area contributed by atoms with Crippen molar-refractivity contribution in [1.29, 1.82) is 0 Å². The van der Waals surface area contributed by atoms with Crippen molar-refractivity contribution in [2.45, 2.75) is 6.43 Å². The van der Waals surface area contributed by atoms with Crippen LogP contribution in [0.25, 0.3) is 0 Å². The quantitative estimate of drug-likeness (QED) is 0.572. The van der Waals surface area contributed by atoms with Crippen molar-refractivity contribution in [3.8, 4) is 0 Å². The van der Waals surface area contributed by atoms with Crippen LogP contribution in [0.3, 0.4) is 0 Å². The smallest absolute Gasteiger partial charge is 0.242 e. The van der Waals surface area contributed by atoms with Gasteiger partial charge in [0.2, 0.25) is 5.95 Å². The molecule has 13 heavy (non-hydrogen) atoms. The van der Waals surface area contributed by atoms with Gasteiger partial charge < -0.3 is 0 Å². The first-order valence-corrected chi connectivity index (χ1v) is 3.94. The van der Waals surface area contributed by atoms with Crippen LogP contribution in [-0.4, -0.2) is 14.1 Å². The van der Waals surface area contributed by atoms with Gasteiger partial charge in [0, 0.05) is 7.05 Å². The Morgan fingerprint density at radius 2 is 2.15 bits per heavy atom. The number of aryl methyl sites for hydroxylation is 1. The summed E-state index contributed by atoms with van der Waals surface area (Å²) in [5.41, 5.74) is -1.21. The number of hydrogen-bond acceptors (Lipinski definition) is 2. The highest BCUT2D eigenvalue weighted by Crippen LogP contribution is 2.25. The van der Waals surface area contributed by atoms with Crippen LogP contribution in [0.1, 0.15) is 17.7 Å². The molecule has 0 bridgehead atoms. The lowest BCUT2D eigenvalue weighted by Crippen LogP contribution is -1.97. The summed E-state index contributed by atoms with van der Waals surface area (Å²) in [6.45, 7) is 0. The van der Waals surface area contributed by atoms with Gasteiger partial charge in [-0.25, -0.2) is 13.5 Å². The Morgan fingerprint density at radius 3 is 2.46 bits per heavy atom. The predicted octanol–water partition coefficient (Wildman–Crippen LogP) is 2.41. The Morgan fingerprint density at radius 1 is 1.62 bits per heavy atom. The molecule has 0 fully saturated rings. The first-order chi connectivity index (χ1) is 5.95. The third kappa shape index (κ3) is 1.83. The van der Waals surface area contributed by atoms with Gasteiger partial charge >= 0.3 is 0 Å². The van der Waals surface area contributed by atoms with E-state index in [1.165, 1.54) is 7.05 Å². The summed E-state index contributed by atoms with van der Waals surface area (Å²) in [6.07, 6.45) is -2.89. The summed E-state index contributed by atoms with van der Waals surface area (Å²) >= 11 is 9.68. The Hall–Kier alpha value is -0.620. The van der Waals surface area contributed by atoms with Gasteiger partial charge in [0.15, 0.2) is 0 Å². The Kier molecular flexibility index (Phi) is 2.92. The van der Waals surface area contributed by atoms with Crippen molar-refractivity contribution in [2.24, 2.45) is 7.05 Å². The Labute approximate surface area is 82.3 Å². The molecule has 0 aliphatic rings. The first kappa shape index (κ1) is 10.5. The third-order valence-corrected chi connectivity index (χ3v) is 1.80. The van der Waals surface area contributed by atoms with Crippen molar-refractivity contribution in [2.75, 3.05) is 0 Å². The molecule has 0 spiro atoms. The molecule has 0 amide bonds. The van der Waals surface area contributed by atoms with E-state index in [4.69, 9.17) is 11.6 Å². The van der Waals surface area contributed by atoms with Crippen LogP contribution in [0.4, 0.5) is 13.2 Å². The van der Waals surface area contributed by atoms with E-state index in [9.17, 15) is 13.2 Å². The number of halogens is 4. The number of rotatable bonds is 2. The van der Waals surface area contributed by atoms with Crippen LogP contribution in [0.2, 0.25) is 0 Å². The maximum atomic E-state index is 13.0. The molecule has 0 atom stereocenters. The van der Waals surface area contributed by atoms with Crippen LogP contribution in [0.5, 0.6) is 0 Å². The second kappa shape index (κ2) is 3.63. The lowest BCUT2D eigenvalue weighted by atomic mass is 10.3. The topological polar surface area (TPSA) is 17.8 Å². The molecule has 72 valence electrons. The van der Waals surface area contributed by atoms with Gasteiger partial charge in [-0.3, -0.25) is 0 Å². The number of nitrogens with zero attached hydrogens (tertiary/aromatic N) is 2. The Balaban J connectivity index is 3.35. The number of alkyl halides is 2. The molecule has 2 nitrogen and oxygen atoms in total. The molecule has 1 heterocycles. The molecule has 0 saturated heterocycles. The van der Waals surface area contributed by atoms with Crippen molar-refractivity contribution in [3.63, 3.8) is 0 Å². The largest absolute Gasteiger partial charge is 0.282 e. The lowest BCUT2D eigenvalue weighted by molar-refractivity contribution is 0.145. The van der Waals surface area contributed by atoms with Gasteiger partial charge in [-0.05, 0) is 0 Å². The lowest BCUT2D eigenvalue weighted by Gasteiger charge is -1.95. The minimum atomic E-state index is -2.89. The van der Waals surface area contributed by atoms with Gasteiger partial charge in [0.1, 0.15) is 10.0 Å². The van der Waals surface area contributed by atoms with Crippen LogP contribution in [0, 0.1) is 5.95 Å². The first-order valence-electron chi connectivity index (χ1n) is 3.15. The molecule has 0 N–H and O–H groups in total. The van der Waals surface area contributed by atoms with Crippen molar-refractivity contribution < 1.29 is 13.2 Å². The molecule has 1 rings (SSSR count). The van der Waals surface area contributed by atoms with Crippen molar-refractivity contribution in [3.05, 3.63) is 17.2 Å². The van der Waals surface area contributed by atoms with E-state index in [0.29, 0.717) is 4.68 Å². The molecule has 0 aromatic carbocycles. The molecule has 0 unspecified atom stereocenters. The summed E-state index contributed by atoms with van der Waals surface area (Å²) in [6, 6.07) is 0. The van der Waals surface area contributed by atoms with Gasteiger partial charge in [-0.2, -0.15) is 9.49 Å². The van der Waals surface area contributed by atoms with Crippen molar-refractivity contribution in [1.82, 2.24) is 9.78 Å². The normalized spacial score (nSPS) is 10.9. The molecule has 0 aliphatic carbocycles. The van der Waals surface area contributed by atoms with Crippen LogP contribution < -0.4 is 0 Å². The van der Waals surface area contributed by atoms with E-state index < -0.39 is 28.0 Å². The molecule has 0 radical (unpaired) electrons. The third-order valence-electron chi connectivity index (χ3n) is 1.41. The molecular formula is C6H4ClF3N2S. The average Bonchev–Trinajstić information content (AvgIpc) is 2.28. The van der Waals surface area contributed by atoms with E-state index >= 15 is 0 Å². The maximum Gasteiger partial charge on any atom is 0.282 e. The van der Waals surface area contributed by atoms with E-state index in [0.717, 1.165) is 0 Å². The van der Waals surface area contributed by atoms with Crippen LogP contribution in [0.15, 0.2) is 0 Å². The van der Waals surface area contributed by atoms with E-state index in [-0.39, 0.29) is 0 Å². The summed E-state index contributed by atoms with van der Waals surface area (Å²) in [5.74, 6) is -0.949. The van der Waals surface area contributed by atoms with Crippen molar-refractivity contribution >= 4 is 28.1 Å². The molecule has 1 aromatic rings. The minimum absolute atomic E-state index is 0.444. The number of thiocarbonyl (C=S) groups is 1. The molecular weight excluding hydrogens is 225 g/mol. The minimum Gasteiger partial charge on any atom is -0.242 e. The molecule has 0 saturated carbocycles. The van der Waals surface area contributed by atoms with E-state index in [1.54, 1.807) is 0 Å². The van der Waals surface area contributed by atoms with Gasteiger partial charge in [-0.1, -0.05) is 23.8 Å². The van der Waals surface area contributed by atoms with E-state index in [2.05, 4.69) is 17.3 Å². The summed E-state index contributed by atoms with van der Waals surface area (Å²) in [5, 5.41) is 3.25. The number of aromatic nitrogens is 2. The zero-order valence-electron chi connectivity index (χ0n) is 6.39. The van der Waals surface area contributed by atoms with E-state index in [1.807, 2.05) is 0 Å². The SMILES string of the molecule is Cn1nc(C(F)F)c(C(=S)Cl)c1F. The molecule has 7 heteroatoms. The predicted molar refractivity (Wildman–Crippen MR) is 45.7 cm³/mol. The van der Waals surface area contributed by atoms with Gasteiger partial charge in [0.25, 0.3) is 6.43 Å². The summed E-state index contributed by atoms with van der Waals surface area (Å²) in [4.78, 5) is 0. The highest BCUT2D eigenvalue weighted by molar-refractivity contribution is 7.83. The van der Waals surface area contributed by atoms with Crippen LogP contribution in [-0.2, 0) is 7.05 Å². The highest BCUT2D eigenvalue weighted by Gasteiger charge is 2.24. The zero-order chi connectivity index (χ0) is 10.2. The van der Waals surface area contributed by atoms with Gasteiger partial charge in [-0.15, -0.1) is 0 Å². The average molecular weight is 229 g/mol. The molecule has 1 aromatic heterocycles. The van der Waals surface area contributed by atoms with Gasteiger partial charge in [0.05, 0.1) is 5.56 Å². The number of hydrogen-bond donors (Lipinski definition) is 0. The fourth-order valence-electron chi connectivity index (χ4n) is 0.858. The zero-order valence-corrected chi connectivity index (χ0v) is 7.96. The molecule has 0 aliphatic heterocycles. The fourth-order valence-corrected chi connectivity index (χ4v) is 1.22. The van der Waals surface area contributed by atoms with Crippen LogP contribution >= 0.6 is 23.8 Å². The Bertz CT molecular complexity index is 350. The fraction of sp³-hybridized carbons (Fsp3) is 0.333. The second-order valence-corrected chi connectivity index (χ2v) is 3.26. The standard InChI is InChI=1S/C6H4ClF3N2S/c1-12-6(10)2(4(7)13)3(11-12)5(8)9/h5H,1H3. The summed E-state index contributed by atoms with van der Waals surface area (Å²) in [7, 11) is 1.19.